The zero-order valence-corrected chi connectivity index (χ0v) is 15.8. The van der Waals surface area contributed by atoms with Gasteiger partial charge < -0.3 is 9.47 Å². The van der Waals surface area contributed by atoms with Crippen LogP contribution in [0.15, 0.2) is 83.5 Å². The third kappa shape index (κ3) is 4.41. The minimum atomic E-state index is -0.616. The highest BCUT2D eigenvalue weighted by molar-refractivity contribution is 6.12. The topological polar surface area (TPSA) is 47.9 Å². The van der Waals surface area contributed by atoms with E-state index in [9.17, 15) is 9.18 Å². The Morgan fingerprint density at radius 2 is 1.83 bits per heavy atom. The second-order valence-corrected chi connectivity index (χ2v) is 6.66. The molecule has 3 aromatic rings. The zero-order chi connectivity index (χ0) is 20.2. The molecule has 0 aromatic heterocycles. The number of rotatable bonds is 5. The van der Waals surface area contributed by atoms with Crippen molar-refractivity contribution in [3.8, 4) is 5.75 Å². The summed E-state index contributed by atoms with van der Waals surface area (Å²) in [6.45, 7) is 2.48. The Morgan fingerprint density at radius 1 is 1.03 bits per heavy atom. The lowest BCUT2D eigenvalue weighted by atomic mass is 10.1. The average Bonchev–Trinajstić information content (AvgIpc) is 3.08. The molecule has 1 heterocycles. The van der Waals surface area contributed by atoms with Gasteiger partial charge in [0.1, 0.15) is 18.2 Å². The van der Waals surface area contributed by atoms with Gasteiger partial charge in [0.05, 0.1) is 5.56 Å². The summed E-state index contributed by atoms with van der Waals surface area (Å²) in [6, 6.07) is 21.5. The van der Waals surface area contributed by atoms with Crippen molar-refractivity contribution in [2.45, 2.75) is 13.5 Å². The average molecular weight is 387 g/mol. The Bertz CT molecular complexity index is 1120. The quantitative estimate of drug-likeness (QED) is 0.454. The highest BCUT2D eigenvalue weighted by atomic mass is 19.1. The van der Waals surface area contributed by atoms with Gasteiger partial charge >= 0.3 is 5.97 Å². The van der Waals surface area contributed by atoms with E-state index in [4.69, 9.17) is 9.47 Å². The fraction of sp³-hybridized carbons (Fsp3) is 0.0833. The summed E-state index contributed by atoms with van der Waals surface area (Å²) in [4.78, 5) is 16.3. The summed E-state index contributed by atoms with van der Waals surface area (Å²) in [5.41, 5.74) is 3.26. The molecule has 4 rings (SSSR count). The van der Waals surface area contributed by atoms with Crippen molar-refractivity contribution in [2.75, 3.05) is 0 Å². The lowest BCUT2D eigenvalue weighted by Crippen LogP contribution is -2.07. The second kappa shape index (κ2) is 8.10. The van der Waals surface area contributed by atoms with Crippen molar-refractivity contribution >= 4 is 17.9 Å². The van der Waals surface area contributed by atoms with Crippen LogP contribution in [0.4, 0.5) is 4.39 Å². The number of benzene rings is 3. The summed E-state index contributed by atoms with van der Waals surface area (Å²) >= 11 is 0. The first kappa shape index (κ1) is 18.6. The minimum Gasteiger partial charge on any atom is -0.489 e. The van der Waals surface area contributed by atoms with Crippen LogP contribution in [0.1, 0.15) is 22.3 Å². The number of hydrogen-bond donors (Lipinski definition) is 0. The van der Waals surface area contributed by atoms with Crippen molar-refractivity contribution in [2.24, 2.45) is 4.99 Å². The van der Waals surface area contributed by atoms with E-state index in [1.165, 1.54) is 17.7 Å². The summed E-state index contributed by atoms with van der Waals surface area (Å²) in [7, 11) is 0. The van der Waals surface area contributed by atoms with Crippen molar-refractivity contribution < 1.29 is 18.7 Å². The van der Waals surface area contributed by atoms with Crippen molar-refractivity contribution in [3.05, 3.63) is 107 Å². The van der Waals surface area contributed by atoms with Gasteiger partial charge in [0.2, 0.25) is 5.90 Å². The number of aryl methyl sites for hydroxylation is 1. The van der Waals surface area contributed by atoms with E-state index < -0.39 is 11.8 Å². The van der Waals surface area contributed by atoms with E-state index in [1.807, 2.05) is 55.5 Å². The van der Waals surface area contributed by atoms with Crippen LogP contribution in [0.3, 0.4) is 0 Å². The molecular weight excluding hydrogens is 369 g/mol. The molecule has 0 atom stereocenters. The summed E-state index contributed by atoms with van der Waals surface area (Å²) < 4.78 is 24.9. The number of ether oxygens (including phenoxy) is 2. The van der Waals surface area contributed by atoms with E-state index in [0.29, 0.717) is 12.4 Å². The molecule has 5 heteroatoms. The minimum absolute atomic E-state index is 0.0360. The molecule has 4 nitrogen and oxygen atoms in total. The summed E-state index contributed by atoms with van der Waals surface area (Å²) in [6.07, 6.45) is 1.59. The molecule has 1 aliphatic heterocycles. The molecule has 0 fully saturated rings. The molecule has 0 radical (unpaired) electrons. The standard InChI is InChI=1S/C24H18FNO3/c1-16-9-11-17(12-10-16)15-28-19-6-4-5-18(13-19)14-22-24(27)29-23(26-22)20-7-2-3-8-21(20)25/h2-14H,15H2,1H3/b22-14-. The van der Waals surface area contributed by atoms with Crippen LogP contribution in [-0.2, 0) is 16.1 Å². The van der Waals surface area contributed by atoms with E-state index in [2.05, 4.69) is 4.99 Å². The number of esters is 1. The van der Waals surface area contributed by atoms with Gasteiger partial charge in [-0.2, -0.15) is 0 Å². The van der Waals surface area contributed by atoms with Crippen LogP contribution in [0.25, 0.3) is 6.08 Å². The third-order valence-electron chi connectivity index (χ3n) is 4.41. The van der Waals surface area contributed by atoms with Gasteiger partial charge in [-0.1, -0.05) is 54.1 Å². The number of aliphatic imine (C=N–C) groups is 1. The molecule has 0 aliphatic carbocycles. The highest BCUT2D eigenvalue weighted by Gasteiger charge is 2.25. The molecule has 144 valence electrons. The maximum absolute atomic E-state index is 13.9. The Kier molecular flexibility index (Phi) is 5.20. The van der Waals surface area contributed by atoms with Gasteiger partial charge in [-0.05, 0) is 48.4 Å². The molecule has 0 saturated heterocycles. The van der Waals surface area contributed by atoms with Crippen LogP contribution in [0, 0.1) is 12.7 Å². The van der Waals surface area contributed by atoms with Gasteiger partial charge in [-0.3, -0.25) is 0 Å². The Balaban J connectivity index is 1.52. The lowest BCUT2D eigenvalue weighted by Gasteiger charge is -2.07. The first-order valence-electron chi connectivity index (χ1n) is 9.14. The third-order valence-corrected chi connectivity index (χ3v) is 4.41. The van der Waals surface area contributed by atoms with Crippen molar-refractivity contribution in [1.82, 2.24) is 0 Å². The molecule has 1 aliphatic rings. The molecule has 3 aromatic carbocycles. The van der Waals surface area contributed by atoms with Crippen LogP contribution < -0.4 is 4.74 Å². The highest BCUT2D eigenvalue weighted by Crippen LogP contribution is 2.22. The van der Waals surface area contributed by atoms with Gasteiger partial charge in [-0.25, -0.2) is 14.2 Å². The SMILES string of the molecule is Cc1ccc(COc2cccc(/C=C3\N=C(c4ccccc4F)OC3=O)c2)cc1. The second-order valence-electron chi connectivity index (χ2n) is 6.66. The molecule has 0 unspecified atom stereocenters. The fourth-order valence-corrected chi connectivity index (χ4v) is 2.86. The first-order chi connectivity index (χ1) is 14.1. The van der Waals surface area contributed by atoms with E-state index in [-0.39, 0.29) is 17.2 Å². The first-order valence-corrected chi connectivity index (χ1v) is 9.14. The number of carbonyl (C=O) groups is 1. The maximum atomic E-state index is 13.9. The summed E-state index contributed by atoms with van der Waals surface area (Å²) in [5.74, 6) is -0.475. The number of nitrogens with zero attached hydrogens (tertiary/aromatic N) is 1. The Morgan fingerprint density at radius 3 is 2.62 bits per heavy atom. The maximum Gasteiger partial charge on any atom is 0.363 e. The van der Waals surface area contributed by atoms with Crippen LogP contribution in [0.2, 0.25) is 0 Å². The molecule has 0 N–H and O–H groups in total. The summed E-state index contributed by atoms with van der Waals surface area (Å²) in [5, 5.41) is 0. The number of hydrogen-bond acceptors (Lipinski definition) is 4. The molecular formula is C24H18FNO3. The van der Waals surface area contributed by atoms with Gasteiger partial charge in [0.15, 0.2) is 5.70 Å². The van der Waals surface area contributed by atoms with Gasteiger partial charge in [0, 0.05) is 0 Å². The van der Waals surface area contributed by atoms with Crippen molar-refractivity contribution in [3.63, 3.8) is 0 Å². The predicted molar refractivity (Wildman–Crippen MR) is 109 cm³/mol. The van der Waals surface area contributed by atoms with E-state index in [0.717, 1.165) is 11.1 Å². The van der Waals surface area contributed by atoms with E-state index >= 15 is 0 Å². The Hall–Kier alpha value is -3.73. The molecule has 29 heavy (non-hydrogen) atoms. The molecule has 0 bridgehead atoms. The smallest absolute Gasteiger partial charge is 0.363 e. The van der Waals surface area contributed by atoms with Gasteiger partial charge in [0.25, 0.3) is 0 Å². The van der Waals surface area contributed by atoms with Gasteiger partial charge in [-0.15, -0.1) is 0 Å². The van der Waals surface area contributed by atoms with Crippen molar-refractivity contribution in [1.29, 1.82) is 0 Å². The fourth-order valence-electron chi connectivity index (χ4n) is 2.86. The Labute approximate surface area is 167 Å². The van der Waals surface area contributed by atoms with E-state index in [1.54, 1.807) is 18.2 Å². The molecule has 0 saturated carbocycles. The monoisotopic (exact) mass is 387 g/mol. The molecule has 0 amide bonds. The number of halogens is 1. The predicted octanol–water partition coefficient (Wildman–Crippen LogP) is 5.06. The lowest BCUT2D eigenvalue weighted by molar-refractivity contribution is -0.129. The van der Waals surface area contributed by atoms with Crippen LogP contribution >= 0.6 is 0 Å². The molecule has 0 spiro atoms. The zero-order valence-electron chi connectivity index (χ0n) is 15.8. The van der Waals surface area contributed by atoms with Crippen LogP contribution in [0.5, 0.6) is 5.75 Å². The number of cyclic esters (lactones) is 1. The number of carbonyl (C=O) groups excluding carboxylic acids is 1. The largest absolute Gasteiger partial charge is 0.489 e. The van der Waals surface area contributed by atoms with Crippen LogP contribution in [-0.4, -0.2) is 11.9 Å². The normalized spacial score (nSPS) is 14.6.